The van der Waals surface area contributed by atoms with E-state index in [4.69, 9.17) is 15.0 Å². The van der Waals surface area contributed by atoms with E-state index in [1.165, 1.54) is 40.3 Å². The van der Waals surface area contributed by atoms with Crippen LogP contribution in [-0.2, 0) is 4.43 Å². The number of para-hydroxylation sites is 1. The quantitative estimate of drug-likeness (QED) is 0.0912. The first-order valence-electron chi connectivity index (χ1n) is 19.2. The zero-order chi connectivity index (χ0) is 37.7. The molecule has 5 heteroatoms. The number of aromatic nitrogens is 4. The van der Waals surface area contributed by atoms with E-state index in [0.717, 1.165) is 54.8 Å². The van der Waals surface area contributed by atoms with E-state index in [-0.39, 0.29) is 0 Å². The maximum atomic E-state index is 5.27. The molecule has 0 radical (unpaired) electrons. The van der Waals surface area contributed by atoms with Crippen LogP contribution in [0, 0.1) is 7.27 Å². The standard InChI is InChI=1S/C52H35IN4/c1-4-15-35(16-5-1)33-53-46-25-12-10-23-42(46)45-31-40(34-54-51(45)53)38-27-28-50-44(30-38)43-24-11-13-26-49(43)57(50)41-22-14-21-39(29-41)52-55-47(36-17-6-2-7-18-36)32-48(56-52)37-19-8-3-9-20-37/h1-32,34H,33H2. The van der Waals surface area contributed by atoms with Crippen LogP contribution >= 0.6 is 19.8 Å². The summed E-state index contributed by atoms with van der Waals surface area (Å²) in [6, 6.07) is 69.3. The molecule has 4 nitrogen and oxygen atoms in total. The van der Waals surface area contributed by atoms with E-state index in [2.05, 4.69) is 193 Å². The number of fused-ring (bicyclic) bond motifs is 6. The van der Waals surface area contributed by atoms with Gasteiger partial charge in [0.25, 0.3) is 0 Å². The first-order chi connectivity index (χ1) is 28.2. The SMILES string of the molecule is c1ccc(CI2c3ccccc3-c3cc(-c4ccc5c(c4)c4ccccc4n5-c4cccc(-c5nc(-c6ccccc6)cc(-c6ccccc6)n5)c4)cnc32)cc1. The van der Waals surface area contributed by atoms with E-state index >= 15 is 0 Å². The molecule has 3 aromatic heterocycles. The Hall–Kier alpha value is -6.70. The van der Waals surface area contributed by atoms with Gasteiger partial charge in [0.05, 0.1) is 11.4 Å². The molecule has 270 valence electrons. The Morgan fingerprint density at radius 2 is 1.09 bits per heavy atom. The Balaban J connectivity index is 1.01. The summed E-state index contributed by atoms with van der Waals surface area (Å²) in [7, 11) is 0. The first kappa shape index (κ1) is 33.6. The molecule has 0 unspecified atom stereocenters. The number of hydrogen-bond donors (Lipinski definition) is 0. The summed E-state index contributed by atoms with van der Waals surface area (Å²) in [6.07, 6.45) is 2.11. The van der Waals surface area contributed by atoms with Gasteiger partial charge >= 0.3 is 229 Å². The van der Waals surface area contributed by atoms with E-state index in [1.807, 2.05) is 12.1 Å². The molecule has 0 N–H and O–H groups in total. The molecule has 0 aliphatic carbocycles. The van der Waals surface area contributed by atoms with Gasteiger partial charge in [0.2, 0.25) is 0 Å². The van der Waals surface area contributed by atoms with Crippen molar-refractivity contribution in [2.75, 3.05) is 0 Å². The molecule has 7 aromatic carbocycles. The number of halogens is 1. The van der Waals surface area contributed by atoms with Crippen LogP contribution in [0.3, 0.4) is 0 Å². The summed E-state index contributed by atoms with van der Waals surface area (Å²) in [6.45, 7) is 0. The second kappa shape index (κ2) is 14.1. The Morgan fingerprint density at radius 3 is 1.86 bits per heavy atom. The van der Waals surface area contributed by atoms with Crippen LogP contribution < -0.4 is 0 Å². The second-order valence-electron chi connectivity index (χ2n) is 14.4. The van der Waals surface area contributed by atoms with Crippen molar-refractivity contribution in [3.63, 3.8) is 0 Å². The van der Waals surface area contributed by atoms with Gasteiger partial charge in [-0.2, -0.15) is 0 Å². The van der Waals surface area contributed by atoms with E-state index < -0.39 is 19.8 Å². The zero-order valence-corrected chi connectivity index (χ0v) is 33.1. The normalized spacial score (nSPS) is 12.5. The number of benzene rings is 7. The fraction of sp³-hybridized carbons (Fsp3) is 0.0192. The first-order valence-corrected chi connectivity index (χ1v) is 22.9. The molecule has 1 aliphatic heterocycles. The minimum atomic E-state index is -1.74. The molecule has 4 heterocycles. The van der Waals surface area contributed by atoms with Gasteiger partial charge < -0.3 is 0 Å². The third kappa shape index (κ3) is 6.03. The van der Waals surface area contributed by atoms with E-state index in [1.54, 1.807) is 0 Å². The molecule has 0 amide bonds. The Kier molecular flexibility index (Phi) is 8.32. The summed E-state index contributed by atoms with van der Waals surface area (Å²) in [5.74, 6) is 0.695. The third-order valence-corrected chi connectivity index (χ3v) is 16.9. The average molecular weight is 843 g/mol. The summed E-state index contributed by atoms with van der Waals surface area (Å²) in [5.41, 5.74) is 14.6. The van der Waals surface area contributed by atoms with Crippen molar-refractivity contribution in [2.45, 2.75) is 4.43 Å². The molecule has 0 atom stereocenters. The van der Waals surface area contributed by atoms with Gasteiger partial charge in [-0.3, -0.25) is 0 Å². The molecule has 10 aromatic rings. The molecule has 0 saturated carbocycles. The summed E-state index contributed by atoms with van der Waals surface area (Å²) < 4.78 is 6.29. The van der Waals surface area contributed by atoms with Gasteiger partial charge in [0.1, 0.15) is 0 Å². The van der Waals surface area contributed by atoms with Crippen molar-refractivity contribution in [2.24, 2.45) is 0 Å². The number of pyridine rings is 1. The van der Waals surface area contributed by atoms with Gasteiger partial charge in [0.15, 0.2) is 5.82 Å². The number of rotatable bonds is 7. The number of nitrogens with zero attached hydrogens (tertiary/aromatic N) is 4. The van der Waals surface area contributed by atoms with E-state index in [9.17, 15) is 0 Å². The number of alkyl halides is 1. The zero-order valence-electron chi connectivity index (χ0n) is 30.9. The number of hydrogen-bond acceptors (Lipinski definition) is 3. The van der Waals surface area contributed by atoms with Crippen molar-refractivity contribution in [1.29, 1.82) is 0 Å². The fourth-order valence-corrected chi connectivity index (χ4v) is 14.3. The van der Waals surface area contributed by atoms with Crippen molar-refractivity contribution in [3.05, 3.63) is 213 Å². The molecule has 11 rings (SSSR count). The minimum absolute atomic E-state index is 0.695. The fourth-order valence-electron chi connectivity index (χ4n) is 8.11. The predicted octanol–water partition coefficient (Wildman–Crippen LogP) is 13.4. The summed E-state index contributed by atoms with van der Waals surface area (Å²) >= 11 is -1.74. The predicted molar refractivity (Wildman–Crippen MR) is 243 cm³/mol. The Bertz CT molecular complexity index is 3040. The Labute approximate surface area is 338 Å². The molecule has 0 saturated heterocycles. The monoisotopic (exact) mass is 842 g/mol. The second-order valence-corrected chi connectivity index (χ2v) is 19.4. The van der Waals surface area contributed by atoms with Crippen LogP contribution in [0.4, 0.5) is 0 Å². The van der Waals surface area contributed by atoms with Gasteiger partial charge in [-0.15, -0.1) is 0 Å². The summed E-state index contributed by atoms with van der Waals surface area (Å²) in [4.78, 5) is 15.5. The van der Waals surface area contributed by atoms with Crippen molar-refractivity contribution < 1.29 is 0 Å². The van der Waals surface area contributed by atoms with E-state index in [0.29, 0.717) is 5.82 Å². The summed E-state index contributed by atoms with van der Waals surface area (Å²) in [5, 5.41) is 2.42. The van der Waals surface area contributed by atoms with Crippen LogP contribution in [0.15, 0.2) is 200 Å². The third-order valence-electron chi connectivity index (χ3n) is 10.8. The van der Waals surface area contributed by atoms with Crippen molar-refractivity contribution in [1.82, 2.24) is 19.5 Å². The van der Waals surface area contributed by atoms with Gasteiger partial charge in [-0.05, 0) is 6.07 Å². The Morgan fingerprint density at radius 1 is 0.439 bits per heavy atom. The molecule has 0 bridgehead atoms. The van der Waals surface area contributed by atoms with Crippen LogP contribution in [0.1, 0.15) is 5.56 Å². The molecule has 1 aliphatic rings. The average Bonchev–Trinajstić information content (AvgIpc) is 3.79. The van der Waals surface area contributed by atoms with Crippen LogP contribution in [0.5, 0.6) is 0 Å². The van der Waals surface area contributed by atoms with Crippen LogP contribution in [0.2, 0.25) is 0 Å². The van der Waals surface area contributed by atoms with Gasteiger partial charge in [-0.25, -0.2) is 9.97 Å². The molecule has 0 fully saturated rings. The van der Waals surface area contributed by atoms with Crippen molar-refractivity contribution >= 4 is 41.6 Å². The molecule has 57 heavy (non-hydrogen) atoms. The molecular weight excluding hydrogens is 808 g/mol. The van der Waals surface area contributed by atoms with Gasteiger partial charge in [0, 0.05) is 11.1 Å². The van der Waals surface area contributed by atoms with Crippen LogP contribution in [-0.4, -0.2) is 19.5 Å². The van der Waals surface area contributed by atoms with Gasteiger partial charge in [-0.1, -0.05) is 66.7 Å². The molecule has 0 spiro atoms. The maximum absolute atomic E-state index is 5.27. The topological polar surface area (TPSA) is 43.6 Å². The molecular formula is C52H35IN4. The van der Waals surface area contributed by atoms with Crippen molar-refractivity contribution in [3.8, 4) is 61.8 Å². The van der Waals surface area contributed by atoms with Crippen LogP contribution in [0.25, 0.3) is 83.6 Å².